The zero-order chi connectivity index (χ0) is 12.1. The van der Waals surface area contributed by atoms with Crippen molar-refractivity contribution in [3.05, 3.63) is 28.8 Å². The number of ether oxygens (including phenoxy) is 1. The highest BCUT2D eigenvalue weighted by Crippen LogP contribution is 2.25. The predicted molar refractivity (Wildman–Crippen MR) is 63.9 cm³/mol. The minimum absolute atomic E-state index is 0.0246. The fourth-order valence-corrected chi connectivity index (χ4v) is 1.67. The van der Waals surface area contributed by atoms with Gasteiger partial charge in [-0.3, -0.25) is 0 Å². The van der Waals surface area contributed by atoms with Crippen molar-refractivity contribution < 1.29 is 9.53 Å². The van der Waals surface area contributed by atoms with Crippen molar-refractivity contribution in [3.63, 3.8) is 0 Å². The minimum Gasteiger partial charge on any atom is -0.495 e. The van der Waals surface area contributed by atoms with Gasteiger partial charge in [-0.15, -0.1) is 0 Å². The molecule has 0 saturated heterocycles. The van der Waals surface area contributed by atoms with E-state index in [1.54, 1.807) is 13.2 Å². The summed E-state index contributed by atoms with van der Waals surface area (Å²) in [4.78, 5) is 10.6. The molecule has 0 saturated carbocycles. The molecule has 0 aliphatic rings. The second-order valence-corrected chi connectivity index (χ2v) is 3.99. The van der Waals surface area contributed by atoms with E-state index in [1.807, 2.05) is 19.1 Å². The fourth-order valence-electron chi connectivity index (χ4n) is 1.48. The Kier molecular flexibility index (Phi) is 4.43. The molecule has 0 spiro atoms. The normalized spacial score (nSPS) is 11.9. The van der Waals surface area contributed by atoms with Gasteiger partial charge in [0.25, 0.3) is 0 Å². The highest BCUT2D eigenvalue weighted by Gasteiger charge is 2.07. The van der Waals surface area contributed by atoms with Crippen LogP contribution in [0.2, 0.25) is 5.02 Å². The quantitative estimate of drug-likeness (QED) is 0.848. The van der Waals surface area contributed by atoms with E-state index in [4.69, 9.17) is 22.1 Å². The van der Waals surface area contributed by atoms with Crippen LogP contribution < -0.4 is 15.8 Å². The van der Waals surface area contributed by atoms with Crippen molar-refractivity contribution in [2.75, 3.05) is 7.11 Å². The molecule has 1 aromatic rings. The van der Waals surface area contributed by atoms with Crippen molar-refractivity contribution in [1.82, 2.24) is 5.32 Å². The second-order valence-electron chi connectivity index (χ2n) is 3.58. The first-order chi connectivity index (χ1) is 7.52. The van der Waals surface area contributed by atoms with E-state index < -0.39 is 6.03 Å². The Hall–Kier alpha value is -1.42. The Bertz CT molecular complexity index is 382. The van der Waals surface area contributed by atoms with Gasteiger partial charge in [0.2, 0.25) is 0 Å². The molecule has 1 aromatic carbocycles. The summed E-state index contributed by atoms with van der Waals surface area (Å²) in [5, 5.41) is 3.18. The molecule has 0 fully saturated rings. The molecule has 2 amide bonds. The molecule has 0 bridgehead atoms. The van der Waals surface area contributed by atoms with Crippen LogP contribution in [0.25, 0.3) is 0 Å². The molecular formula is C11H15ClN2O2. The van der Waals surface area contributed by atoms with Gasteiger partial charge in [-0.2, -0.15) is 0 Å². The minimum atomic E-state index is -0.520. The topological polar surface area (TPSA) is 64.3 Å². The first-order valence-electron chi connectivity index (χ1n) is 4.91. The van der Waals surface area contributed by atoms with Gasteiger partial charge in [-0.25, -0.2) is 4.79 Å². The summed E-state index contributed by atoms with van der Waals surface area (Å²) in [7, 11) is 1.57. The second kappa shape index (κ2) is 5.61. The van der Waals surface area contributed by atoms with Crippen LogP contribution in [0.4, 0.5) is 4.79 Å². The van der Waals surface area contributed by atoms with Gasteiger partial charge in [0.15, 0.2) is 0 Å². The van der Waals surface area contributed by atoms with Gasteiger partial charge in [-0.05, 0) is 31.0 Å². The van der Waals surface area contributed by atoms with E-state index in [9.17, 15) is 4.79 Å². The number of hydrogen-bond donors (Lipinski definition) is 2. The number of urea groups is 1. The van der Waals surface area contributed by atoms with Crippen molar-refractivity contribution in [2.45, 2.75) is 19.4 Å². The molecule has 88 valence electrons. The Morgan fingerprint density at radius 1 is 1.62 bits per heavy atom. The number of primary amides is 1. The van der Waals surface area contributed by atoms with E-state index >= 15 is 0 Å². The number of rotatable bonds is 4. The van der Waals surface area contributed by atoms with Crippen LogP contribution in [-0.2, 0) is 6.42 Å². The number of hydrogen-bond acceptors (Lipinski definition) is 2. The lowest BCUT2D eigenvalue weighted by molar-refractivity contribution is 0.246. The van der Waals surface area contributed by atoms with Crippen LogP contribution in [-0.4, -0.2) is 19.2 Å². The third-order valence-electron chi connectivity index (χ3n) is 2.15. The Morgan fingerprint density at radius 2 is 2.31 bits per heavy atom. The number of carbonyl (C=O) groups excluding carboxylic acids is 1. The van der Waals surface area contributed by atoms with E-state index in [1.165, 1.54) is 0 Å². The smallest absolute Gasteiger partial charge is 0.312 e. The standard InChI is InChI=1S/C11H15ClN2O2/c1-7(14-11(13)15)5-8-3-4-9(12)10(6-8)16-2/h3-4,6-7H,5H2,1-2H3,(H3,13,14,15). The molecule has 0 radical (unpaired) electrons. The number of amides is 2. The van der Waals surface area contributed by atoms with Gasteiger partial charge in [-0.1, -0.05) is 17.7 Å². The van der Waals surface area contributed by atoms with Crippen molar-refractivity contribution in [2.24, 2.45) is 5.73 Å². The molecule has 0 aromatic heterocycles. The van der Waals surface area contributed by atoms with Gasteiger partial charge in [0.05, 0.1) is 12.1 Å². The van der Waals surface area contributed by atoms with E-state index in [-0.39, 0.29) is 6.04 Å². The van der Waals surface area contributed by atoms with Crippen LogP contribution >= 0.6 is 11.6 Å². The highest BCUT2D eigenvalue weighted by atomic mass is 35.5. The Morgan fingerprint density at radius 3 is 2.88 bits per heavy atom. The number of nitrogens with one attached hydrogen (secondary N) is 1. The molecular weight excluding hydrogens is 228 g/mol. The van der Waals surface area contributed by atoms with Crippen LogP contribution in [0, 0.1) is 0 Å². The van der Waals surface area contributed by atoms with Crippen LogP contribution in [0.15, 0.2) is 18.2 Å². The van der Waals surface area contributed by atoms with E-state index in [0.29, 0.717) is 17.2 Å². The summed E-state index contributed by atoms with van der Waals surface area (Å²) < 4.78 is 5.10. The Labute approximate surface area is 99.7 Å². The average molecular weight is 243 g/mol. The monoisotopic (exact) mass is 242 g/mol. The molecule has 1 atom stereocenters. The van der Waals surface area contributed by atoms with Gasteiger partial charge in [0.1, 0.15) is 5.75 Å². The lowest BCUT2D eigenvalue weighted by atomic mass is 10.1. The fraction of sp³-hybridized carbons (Fsp3) is 0.364. The lowest BCUT2D eigenvalue weighted by Gasteiger charge is -2.13. The largest absolute Gasteiger partial charge is 0.495 e. The summed E-state index contributed by atoms with van der Waals surface area (Å²) in [5.41, 5.74) is 6.06. The van der Waals surface area contributed by atoms with Crippen LogP contribution in [0.3, 0.4) is 0 Å². The van der Waals surface area contributed by atoms with Crippen molar-refractivity contribution in [3.8, 4) is 5.75 Å². The summed E-state index contributed by atoms with van der Waals surface area (Å²) in [6.45, 7) is 1.88. The van der Waals surface area contributed by atoms with E-state index in [2.05, 4.69) is 5.32 Å². The maximum atomic E-state index is 10.6. The molecule has 0 aliphatic carbocycles. The SMILES string of the molecule is COc1cc(CC(C)NC(N)=O)ccc1Cl. The predicted octanol–water partition coefficient (Wildman–Crippen LogP) is 1.95. The number of nitrogens with two attached hydrogens (primary N) is 1. The summed E-state index contributed by atoms with van der Waals surface area (Å²) in [5.74, 6) is 0.630. The highest BCUT2D eigenvalue weighted by molar-refractivity contribution is 6.32. The van der Waals surface area contributed by atoms with Crippen LogP contribution in [0.1, 0.15) is 12.5 Å². The number of halogens is 1. The molecule has 4 nitrogen and oxygen atoms in total. The van der Waals surface area contributed by atoms with Gasteiger partial charge < -0.3 is 15.8 Å². The zero-order valence-corrected chi connectivity index (χ0v) is 10.0. The summed E-state index contributed by atoms with van der Waals surface area (Å²) in [6.07, 6.45) is 0.677. The molecule has 0 aliphatic heterocycles. The molecule has 1 rings (SSSR count). The number of methoxy groups -OCH3 is 1. The average Bonchev–Trinajstić information content (AvgIpc) is 2.19. The van der Waals surface area contributed by atoms with Gasteiger partial charge >= 0.3 is 6.03 Å². The van der Waals surface area contributed by atoms with Crippen LogP contribution in [0.5, 0.6) is 5.75 Å². The molecule has 3 N–H and O–H groups in total. The Balaban J connectivity index is 2.70. The first kappa shape index (κ1) is 12.6. The third-order valence-corrected chi connectivity index (χ3v) is 2.46. The van der Waals surface area contributed by atoms with Crippen molar-refractivity contribution in [1.29, 1.82) is 0 Å². The molecule has 5 heteroatoms. The van der Waals surface area contributed by atoms with Crippen molar-refractivity contribution >= 4 is 17.6 Å². The zero-order valence-electron chi connectivity index (χ0n) is 9.29. The summed E-state index contributed by atoms with van der Waals surface area (Å²) in [6, 6.07) is 4.97. The first-order valence-corrected chi connectivity index (χ1v) is 5.29. The number of carbonyl (C=O) groups is 1. The maximum Gasteiger partial charge on any atom is 0.312 e. The molecule has 16 heavy (non-hydrogen) atoms. The third kappa shape index (κ3) is 3.62. The summed E-state index contributed by atoms with van der Waals surface area (Å²) >= 11 is 5.90. The lowest BCUT2D eigenvalue weighted by Crippen LogP contribution is -2.37. The molecule has 0 heterocycles. The maximum absolute atomic E-state index is 10.6. The molecule has 1 unspecified atom stereocenters. The van der Waals surface area contributed by atoms with E-state index in [0.717, 1.165) is 5.56 Å². The number of benzene rings is 1. The van der Waals surface area contributed by atoms with Gasteiger partial charge in [0, 0.05) is 6.04 Å².